The molecule has 18 heavy (non-hydrogen) atoms. The zero-order chi connectivity index (χ0) is 12.8. The quantitative estimate of drug-likeness (QED) is 0.843. The third-order valence-electron chi connectivity index (χ3n) is 2.52. The van der Waals surface area contributed by atoms with Gasteiger partial charge in [-0.25, -0.2) is 9.97 Å². The molecule has 0 radical (unpaired) electrons. The molecule has 0 fully saturated rings. The molecule has 2 N–H and O–H groups in total. The summed E-state index contributed by atoms with van der Waals surface area (Å²) in [6.07, 6.45) is 3.50. The third kappa shape index (κ3) is 3.10. The first-order valence-electron chi connectivity index (χ1n) is 5.68. The van der Waals surface area contributed by atoms with Crippen molar-refractivity contribution in [3.63, 3.8) is 0 Å². The Morgan fingerprint density at radius 2 is 2.00 bits per heavy atom. The number of rotatable bonds is 5. The molecule has 0 saturated heterocycles. The van der Waals surface area contributed by atoms with Crippen molar-refractivity contribution in [1.82, 2.24) is 9.97 Å². The molecule has 0 aliphatic rings. The van der Waals surface area contributed by atoms with Gasteiger partial charge in [0.2, 0.25) is 5.88 Å². The predicted molar refractivity (Wildman–Crippen MR) is 71.9 cm³/mol. The fourth-order valence-electron chi connectivity index (χ4n) is 1.55. The van der Waals surface area contributed by atoms with E-state index in [0.29, 0.717) is 12.4 Å². The average Bonchev–Trinajstić information content (AvgIpc) is 2.45. The van der Waals surface area contributed by atoms with Crippen molar-refractivity contribution < 1.29 is 4.74 Å². The van der Waals surface area contributed by atoms with Gasteiger partial charge in [-0.3, -0.25) is 0 Å². The minimum Gasteiger partial charge on any atom is -0.481 e. The van der Waals surface area contributed by atoms with E-state index in [1.165, 1.54) is 0 Å². The van der Waals surface area contributed by atoms with Gasteiger partial charge in [0, 0.05) is 43.8 Å². The predicted octanol–water partition coefficient (Wildman–Crippen LogP) is 2.14. The molecular formula is C13H16N4O. The molecule has 2 aromatic heterocycles. The second-order valence-electron chi connectivity index (χ2n) is 3.74. The number of ether oxygens (including phenoxy) is 1. The van der Waals surface area contributed by atoms with Crippen LogP contribution in [0.5, 0.6) is 5.88 Å². The van der Waals surface area contributed by atoms with Crippen molar-refractivity contribution in [3.8, 4) is 5.88 Å². The van der Waals surface area contributed by atoms with Gasteiger partial charge in [0.1, 0.15) is 5.82 Å². The van der Waals surface area contributed by atoms with Gasteiger partial charge in [0.05, 0.1) is 7.11 Å². The highest BCUT2D eigenvalue weighted by molar-refractivity contribution is 5.51. The maximum atomic E-state index is 5.08. The summed E-state index contributed by atoms with van der Waals surface area (Å²) in [5.41, 5.74) is 2.13. The molecule has 0 atom stereocenters. The zero-order valence-electron chi connectivity index (χ0n) is 10.5. The molecular weight excluding hydrogens is 228 g/mol. The molecule has 2 heterocycles. The summed E-state index contributed by atoms with van der Waals surface area (Å²) in [4.78, 5) is 8.23. The van der Waals surface area contributed by atoms with Crippen molar-refractivity contribution in [1.29, 1.82) is 0 Å². The Morgan fingerprint density at radius 1 is 1.17 bits per heavy atom. The number of methoxy groups -OCH3 is 1. The number of nitrogens with one attached hydrogen (secondary N) is 2. The van der Waals surface area contributed by atoms with Crippen molar-refractivity contribution in [2.45, 2.75) is 6.54 Å². The van der Waals surface area contributed by atoms with Gasteiger partial charge in [-0.05, 0) is 17.7 Å². The highest BCUT2D eigenvalue weighted by Crippen LogP contribution is 2.14. The molecule has 5 heteroatoms. The number of nitrogens with zero attached hydrogens (tertiary/aromatic N) is 2. The SMILES string of the molecule is CNc1cc(NCc2ccnc(OC)c2)ccn1. The maximum absolute atomic E-state index is 5.08. The molecule has 0 saturated carbocycles. The van der Waals surface area contributed by atoms with Crippen molar-refractivity contribution in [2.75, 3.05) is 24.8 Å². The first-order valence-corrected chi connectivity index (χ1v) is 5.68. The van der Waals surface area contributed by atoms with Gasteiger partial charge in [-0.2, -0.15) is 0 Å². The summed E-state index contributed by atoms with van der Waals surface area (Å²) in [5.74, 6) is 1.47. The van der Waals surface area contributed by atoms with Crippen LogP contribution in [0.1, 0.15) is 5.56 Å². The molecule has 0 spiro atoms. The second-order valence-corrected chi connectivity index (χ2v) is 3.74. The van der Waals surface area contributed by atoms with Gasteiger partial charge in [-0.15, -0.1) is 0 Å². The molecule has 0 aromatic carbocycles. The Kier molecular flexibility index (Phi) is 3.96. The number of anilines is 2. The third-order valence-corrected chi connectivity index (χ3v) is 2.52. The molecule has 94 valence electrons. The van der Waals surface area contributed by atoms with E-state index in [9.17, 15) is 0 Å². The molecule has 0 amide bonds. The lowest BCUT2D eigenvalue weighted by molar-refractivity contribution is 0.397. The summed E-state index contributed by atoms with van der Waals surface area (Å²) >= 11 is 0. The van der Waals surface area contributed by atoms with E-state index < -0.39 is 0 Å². The number of pyridine rings is 2. The van der Waals surface area contributed by atoms with Crippen LogP contribution in [0.25, 0.3) is 0 Å². The molecule has 5 nitrogen and oxygen atoms in total. The Morgan fingerprint density at radius 3 is 2.78 bits per heavy atom. The monoisotopic (exact) mass is 244 g/mol. The van der Waals surface area contributed by atoms with E-state index >= 15 is 0 Å². The van der Waals surface area contributed by atoms with Crippen LogP contribution >= 0.6 is 0 Å². The van der Waals surface area contributed by atoms with Gasteiger partial charge < -0.3 is 15.4 Å². The largest absolute Gasteiger partial charge is 0.481 e. The van der Waals surface area contributed by atoms with Gasteiger partial charge >= 0.3 is 0 Å². The van der Waals surface area contributed by atoms with Crippen LogP contribution in [-0.4, -0.2) is 24.1 Å². The number of hydrogen-bond donors (Lipinski definition) is 2. The summed E-state index contributed by atoms with van der Waals surface area (Å²) in [6.45, 7) is 0.714. The Labute approximate surface area is 106 Å². The summed E-state index contributed by atoms with van der Waals surface area (Å²) in [6, 6.07) is 7.75. The molecule has 0 bridgehead atoms. The van der Waals surface area contributed by atoms with Crippen LogP contribution in [0.2, 0.25) is 0 Å². The Bertz CT molecular complexity index is 468. The van der Waals surface area contributed by atoms with Crippen LogP contribution in [0.15, 0.2) is 36.7 Å². The minimum absolute atomic E-state index is 0.625. The molecule has 0 aliphatic carbocycles. The maximum Gasteiger partial charge on any atom is 0.213 e. The van der Waals surface area contributed by atoms with E-state index in [1.807, 2.05) is 31.3 Å². The van der Waals surface area contributed by atoms with Crippen molar-refractivity contribution >= 4 is 11.5 Å². The van der Waals surface area contributed by atoms with E-state index in [4.69, 9.17) is 4.74 Å². The standard InChI is InChI=1S/C13H16N4O/c1-14-12-8-11(4-6-15-12)17-9-10-3-5-16-13(7-10)18-2/h3-8H,9H2,1-2H3,(H2,14,15,17). The van der Waals surface area contributed by atoms with E-state index in [2.05, 4.69) is 20.6 Å². The number of hydrogen-bond acceptors (Lipinski definition) is 5. The lowest BCUT2D eigenvalue weighted by atomic mass is 10.2. The molecule has 2 rings (SSSR count). The summed E-state index contributed by atoms with van der Waals surface area (Å²) in [7, 11) is 3.46. The van der Waals surface area contributed by atoms with Gasteiger partial charge in [-0.1, -0.05) is 0 Å². The fraction of sp³-hybridized carbons (Fsp3) is 0.231. The first kappa shape index (κ1) is 12.2. The average molecular weight is 244 g/mol. The van der Waals surface area contributed by atoms with Crippen LogP contribution in [-0.2, 0) is 6.54 Å². The van der Waals surface area contributed by atoms with Crippen LogP contribution < -0.4 is 15.4 Å². The molecule has 0 aliphatic heterocycles. The smallest absolute Gasteiger partial charge is 0.213 e. The lowest BCUT2D eigenvalue weighted by Crippen LogP contribution is -2.01. The van der Waals surface area contributed by atoms with Crippen LogP contribution in [0.3, 0.4) is 0 Å². The second kappa shape index (κ2) is 5.86. The Hall–Kier alpha value is -2.30. The van der Waals surface area contributed by atoms with Crippen molar-refractivity contribution in [2.24, 2.45) is 0 Å². The van der Waals surface area contributed by atoms with Crippen LogP contribution in [0, 0.1) is 0 Å². The number of aromatic nitrogens is 2. The van der Waals surface area contributed by atoms with Gasteiger partial charge in [0.25, 0.3) is 0 Å². The highest BCUT2D eigenvalue weighted by atomic mass is 16.5. The zero-order valence-corrected chi connectivity index (χ0v) is 10.5. The fourth-order valence-corrected chi connectivity index (χ4v) is 1.55. The summed E-state index contributed by atoms with van der Waals surface area (Å²) < 4.78 is 5.08. The van der Waals surface area contributed by atoms with E-state index in [1.54, 1.807) is 19.5 Å². The molecule has 2 aromatic rings. The highest BCUT2D eigenvalue weighted by Gasteiger charge is 1.98. The molecule has 0 unspecified atom stereocenters. The first-order chi connectivity index (χ1) is 8.81. The minimum atomic E-state index is 0.625. The van der Waals surface area contributed by atoms with E-state index in [-0.39, 0.29) is 0 Å². The van der Waals surface area contributed by atoms with Gasteiger partial charge in [0.15, 0.2) is 0 Å². The van der Waals surface area contributed by atoms with Crippen molar-refractivity contribution in [3.05, 3.63) is 42.2 Å². The van der Waals surface area contributed by atoms with Crippen LogP contribution in [0.4, 0.5) is 11.5 Å². The topological polar surface area (TPSA) is 59.1 Å². The Balaban J connectivity index is 2.01. The normalized spacial score (nSPS) is 9.89. The summed E-state index contributed by atoms with van der Waals surface area (Å²) in [5, 5.41) is 6.33. The lowest BCUT2D eigenvalue weighted by Gasteiger charge is -2.08. The van der Waals surface area contributed by atoms with E-state index in [0.717, 1.165) is 17.1 Å².